The number of hydrogen-bond donors (Lipinski definition) is 9. The van der Waals surface area contributed by atoms with E-state index in [4.69, 9.17) is 32.4 Å². The van der Waals surface area contributed by atoms with Crippen LogP contribution in [0.1, 0.15) is 116 Å². The van der Waals surface area contributed by atoms with Gasteiger partial charge in [0.1, 0.15) is 86.6 Å². The highest BCUT2D eigenvalue weighted by molar-refractivity contribution is 6.12. The summed E-state index contributed by atoms with van der Waals surface area (Å²) < 4.78 is 10.6. The molecule has 27 heteroatoms. The molecule has 4 fully saturated rings. The number of rotatable bonds is 18. The molecule has 0 aliphatic carbocycles. The fourth-order valence-electron chi connectivity index (χ4n) is 13.9. The monoisotopic (exact) mass is 1530 g/mol. The number of nitrogens with one attached hydrogen (secondary N) is 4. The number of aromatic hydroxyl groups is 1. The number of nitrogen functional groups attached to an aromatic ring is 4. The normalized spacial score (nSPS) is 16.6. The second kappa shape index (κ2) is 37.4. The second-order valence-corrected chi connectivity index (χ2v) is 27.5. The highest BCUT2D eigenvalue weighted by atomic mass is 16.5. The Hall–Kier alpha value is -13.6. The van der Waals surface area contributed by atoms with Crippen molar-refractivity contribution in [3.8, 4) is 17.2 Å². The van der Waals surface area contributed by atoms with Crippen LogP contribution in [0, 0.1) is 6.92 Å². The van der Waals surface area contributed by atoms with Gasteiger partial charge in [-0.15, -0.1) is 0 Å². The Kier molecular flexibility index (Phi) is 25.8. The number of aromatic nitrogens is 8. The third-order valence-electron chi connectivity index (χ3n) is 20.0. The lowest BCUT2D eigenvalue weighted by molar-refractivity contribution is 0.102. The molecule has 13 N–H and O–H groups in total. The Morgan fingerprint density at radius 2 is 0.649 bits per heavy atom. The molecule has 4 aliphatic rings. The van der Waals surface area contributed by atoms with Gasteiger partial charge in [-0.25, -0.2) is 39.9 Å². The first kappa shape index (κ1) is 78.5. The molecule has 0 saturated carbocycles. The number of methoxy groups -OCH3 is 2. The van der Waals surface area contributed by atoms with Crippen LogP contribution >= 0.6 is 0 Å². The summed E-state index contributed by atoms with van der Waals surface area (Å²) in [7, 11) is 3.33. The van der Waals surface area contributed by atoms with E-state index in [0.29, 0.717) is 51.6 Å². The zero-order valence-corrected chi connectivity index (χ0v) is 63.5. The van der Waals surface area contributed by atoms with E-state index in [1.165, 1.54) is 16.7 Å². The van der Waals surface area contributed by atoms with Crippen LogP contribution in [-0.4, -0.2) is 161 Å². The lowest BCUT2D eigenvalue weighted by Gasteiger charge is -2.35. The van der Waals surface area contributed by atoms with Gasteiger partial charge in [0.2, 0.25) is 23.1 Å². The van der Waals surface area contributed by atoms with Crippen LogP contribution in [0.2, 0.25) is 0 Å². The number of piperazine rings is 4. The van der Waals surface area contributed by atoms with E-state index >= 15 is 0 Å². The maximum atomic E-state index is 12.8. The van der Waals surface area contributed by atoms with Crippen molar-refractivity contribution in [2.24, 2.45) is 0 Å². The van der Waals surface area contributed by atoms with Crippen LogP contribution in [0.25, 0.3) is 0 Å². The van der Waals surface area contributed by atoms with Crippen molar-refractivity contribution in [1.29, 1.82) is 0 Å². The number of ketones is 4. The molecule has 114 heavy (non-hydrogen) atoms. The van der Waals surface area contributed by atoms with E-state index < -0.39 is 0 Å². The van der Waals surface area contributed by atoms with Crippen LogP contribution in [-0.2, 0) is 0 Å². The zero-order valence-electron chi connectivity index (χ0n) is 63.5. The number of hydrogen-bond acceptors (Lipinski definition) is 27. The molecule has 27 nitrogen and oxygen atoms in total. The highest BCUT2D eigenvalue weighted by Gasteiger charge is 2.29. The van der Waals surface area contributed by atoms with E-state index in [-0.39, 0.29) is 76.3 Å². The number of ether oxygens (including phenoxy) is 2. The van der Waals surface area contributed by atoms with Gasteiger partial charge in [-0.3, -0.25) is 19.2 Å². The Bertz CT molecular complexity index is 5330. The minimum absolute atomic E-state index is 0.115. The van der Waals surface area contributed by atoms with Gasteiger partial charge < -0.3 is 78.4 Å². The predicted octanol–water partition coefficient (Wildman–Crippen LogP) is 9.79. The third kappa shape index (κ3) is 19.6. The first-order valence-corrected chi connectivity index (χ1v) is 37.5. The summed E-state index contributed by atoms with van der Waals surface area (Å²) >= 11 is 0. The van der Waals surface area contributed by atoms with Crippen molar-refractivity contribution in [2.45, 2.75) is 31.1 Å². The van der Waals surface area contributed by atoms with E-state index in [1.54, 1.807) is 124 Å². The predicted molar refractivity (Wildman–Crippen MR) is 442 cm³/mol. The van der Waals surface area contributed by atoms with Crippen molar-refractivity contribution in [3.05, 3.63) is 316 Å². The summed E-state index contributed by atoms with van der Waals surface area (Å²) in [6.07, 6.45) is 6.26. The summed E-state index contributed by atoms with van der Waals surface area (Å²) in [6, 6.07) is 67.9. The maximum Gasteiger partial charge on any atom is 0.215 e. The quantitative estimate of drug-likeness (QED) is 0.0361. The van der Waals surface area contributed by atoms with Gasteiger partial charge in [0.15, 0.2) is 0 Å². The molecule has 4 atom stereocenters. The Labute approximate surface area is 660 Å². The molecule has 0 radical (unpaired) electrons. The summed E-state index contributed by atoms with van der Waals surface area (Å²) in [6.45, 7) is 11.6. The number of nitrogens with two attached hydrogens (primary N) is 4. The standard InChI is InChI=1S/2C22H23N5O2.C22H23N5O.C21H21N5O2/c1-29-16-6-2-5-15(13-16)19-14-27(12-11-24-19)20-9-3-8-18(26-20)21(28)17-7-4-10-25-22(17)23;1-29-16-9-7-15(8-10-16)19-14-27(13-12-24-19)20-6-2-5-18(26-20)21(28)17-4-3-11-25-22(17)23;1-15-5-2-6-16(13-15)19-14-27(12-11-24-19)20-9-3-8-18(26-20)21(28)17-7-4-10-25-22(17)23;22-21-16(3-2-10-24-21)20(28)17-4-1-5-19(25-17)26-12-11-23-18(13-26)14-6-8-15(27)9-7-14/h2-10,13,19,24H,11-12,14H2,1H3,(H2,23,25);2-11,19,24H,12-14H2,1H3,(H2,23,25);2-10,13,19,24H,11-12,14H2,1H3,(H2,23,25);1-10,18,23,27H,11-13H2,(H2,22,24). The number of nitrogens with zero attached hydrogens (tertiary/aromatic N) is 12. The molecule has 4 saturated heterocycles. The number of phenols is 1. The van der Waals surface area contributed by atoms with Gasteiger partial charge in [-0.1, -0.05) is 90.5 Å². The lowest BCUT2D eigenvalue weighted by atomic mass is 10.0. The molecular formula is C87H90N20O7. The van der Waals surface area contributed by atoms with Crippen molar-refractivity contribution < 1.29 is 33.8 Å². The molecule has 12 aromatic rings. The molecule has 12 heterocycles. The average Bonchev–Trinajstić information content (AvgIpc) is 0.819. The van der Waals surface area contributed by atoms with Crippen LogP contribution in [0.4, 0.5) is 46.5 Å². The van der Waals surface area contributed by atoms with Gasteiger partial charge >= 0.3 is 0 Å². The van der Waals surface area contributed by atoms with Crippen molar-refractivity contribution in [2.75, 3.05) is 135 Å². The molecule has 8 aromatic heterocycles. The third-order valence-corrected chi connectivity index (χ3v) is 20.0. The molecule has 0 amide bonds. The van der Waals surface area contributed by atoms with Crippen LogP contribution in [0.3, 0.4) is 0 Å². The number of aryl methyl sites for hydroxylation is 1. The lowest BCUT2D eigenvalue weighted by Crippen LogP contribution is -2.46. The molecule has 4 aromatic carbocycles. The Morgan fingerprint density at radius 3 is 0.965 bits per heavy atom. The van der Waals surface area contributed by atoms with Crippen molar-refractivity contribution >= 4 is 69.7 Å². The molecule has 4 aliphatic heterocycles. The van der Waals surface area contributed by atoms with Crippen LogP contribution < -0.4 is 73.3 Å². The maximum absolute atomic E-state index is 12.8. The number of carbonyl (C=O) groups is 4. The fraction of sp³-hybridized carbons (Fsp3) is 0.218. The van der Waals surface area contributed by atoms with Crippen LogP contribution in [0.5, 0.6) is 17.2 Å². The molecule has 4 unspecified atom stereocenters. The van der Waals surface area contributed by atoms with E-state index in [2.05, 4.69) is 130 Å². The van der Waals surface area contributed by atoms with E-state index in [0.717, 1.165) is 118 Å². The minimum Gasteiger partial charge on any atom is -0.508 e. The second-order valence-electron chi connectivity index (χ2n) is 27.5. The number of benzene rings is 4. The van der Waals surface area contributed by atoms with Gasteiger partial charge in [0.25, 0.3) is 0 Å². The van der Waals surface area contributed by atoms with E-state index in [1.807, 2.05) is 91.0 Å². The van der Waals surface area contributed by atoms with Gasteiger partial charge in [-0.2, -0.15) is 0 Å². The molecule has 580 valence electrons. The molecule has 16 rings (SSSR count). The van der Waals surface area contributed by atoms with E-state index in [9.17, 15) is 24.3 Å². The minimum atomic E-state index is -0.238. The van der Waals surface area contributed by atoms with Crippen LogP contribution in [0.15, 0.2) is 243 Å². The van der Waals surface area contributed by atoms with Gasteiger partial charge in [0.05, 0.1) is 42.5 Å². The molecule has 0 bridgehead atoms. The number of pyridine rings is 8. The highest BCUT2D eigenvalue weighted by Crippen LogP contribution is 2.30. The summed E-state index contributed by atoms with van der Waals surface area (Å²) in [4.78, 5) is 94.4. The number of carbonyl (C=O) groups excluding carboxylic acids is 4. The largest absolute Gasteiger partial charge is 0.508 e. The smallest absolute Gasteiger partial charge is 0.215 e. The zero-order chi connectivity index (χ0) is 79.5. The van der Waals surface area contributed by atoms with Crippen molar-refractivity contribution in [1.82, 2.24) is 61.1 Å². The Morgan fingerprint density at radius 1 is 0.351 bits per heavy atom. The Balaban J connectivity index is 0.000000133. The van der Waals surface area contributed by atoms with Crippen molar-refractivity contribution in [3.63, 3.8) is 0 Å². The molecular weight excluding hydrogens is 1440 g/mol. The number of phenolic OH excluding ortho intramolecular Hbond substituents is 1. The first-order valence-electron chi connectivity index (χ1n) is 37.5. The first-order chi connectivity index (χ1) is 55.5. The average molecular weight is 1530 g/mol. The summed E-state index contributed by atoms with van der Waals surface area (Å²) in [5.74, 6) is 4.97. The van der Waals surface area contributed by atoms with Gasteiger partial charge in [0, 0.05) is 121 Å². The topological polar surface area (TPSA) is 375 Å². The molecule has 0 spiro atoms. The van der Waals surface area contributed by atoms with Gasteiger partial charge in [-0.05, 0) is 163 Å². The fourth-order valence-corrected chi connectivity index (χ4v) is 13.9. The summed E-state index contributed by atoms with van der Waals surface area (Å²) in [5.41, 5.74) is 32.3. The SMILES string of the molecule is COc1ccc(C2CN(c3cccc(C(=O)c4cccnc4N)n3)CCN2)cc1.COc1cccc(C2CN(c3cccc(C(=O)c4cccnc4N)n3)CCN2)c1.Cc1cccc(C2CN(c3cccc(C(=O)c4cccnc4N)n3)CCN2)c1.Nc1ncccc1C(=O)c1cccc(N2CCNC(c3ccc(O)cc3)C2)n1. The summed E-state index contributed by atoms with van der Waals surface area (Å²) in [5, 5.41) is 23.6. The number of anilines is 8.